The second-order valence-electron chi connectivity index (χ2n) is 3.91. The third-order valence-electron chi connectivity index (χ3n) is 3.19. The zero-order valence-electron chi connectivity index (χ0n) is 6.84. The summed E-state index contributed by atoms with van der Waals surface area (Å²) in [7, 11) is 0. The lowest BCUT2D eigenvalue weighted by Crippen LogP contribution is -2.12. The predicted octanol–water partition coefficient (Wildman–Crippen LogP) is 2.21. The molecule has 1 aliphatic heterocycles. The molecule has 58 valence electrons. The first-order chi connectivity index (χ1) is 4.79. The molecule has 1 nitrogen and oxygen atoms in total. The maximum absolute atomic E-state index is 5.54. The van der Waals surface area contributed by atoms with Crippen LogP contribution in [-0.2, 0) is 4.74 Å². The molecular weight excluding hydrogens is 124 g/mol. The Bertz CT molecular complexity index is 131. The van der Waals surface area contributed by atoms with Gasteiger partial charge in [0.1, 0.15) is 0 Å². The van der Waals surface area contributed by atoms with Gasteiger partial charge in [0, 0.05) is 0 Å². The standard InChI is InChI=1S/C9H16O/c1-6-4-3-5-8-9(10-8)7(6)2/h6-9H,3-5H2,1-2H3. The van der Waals surface area contributed by atoms with E-state index >= 15 is 0 Å². The summed E-state index contributed by atoms with van der Waals surface area (Å²) >= 11 is 0. The summed E-state index contributed by atoms with van der Waals surface area (Å²) in [5, 5.41) is 0. The Morgan fingerprint density at radius 3 is 2.80 bits per heavy atom. The van der Waals surface area contributed by atoms with E-state index in [1.165, 1.54) is 19.3 Å². The van der Waals surface area contributed by atoms with Crippen molar-refractivity contribution in [2.24, 2.45) is 11.8 Å². The minimum absolute atomic E-state index is 0.637. The Hall–Kier alpha value is -0.0400. The van der Waals surface area contributed by atoms with Crippen LogP contribution in [-0.4, -0.2) is 12.2 Å². The van der Waals surface area contributed by atoms with Gasteiger partial charge in [-0.3, -0.25) is 0 Å². The molecule has 1 saturated carbocycles. The van der Waals surface area contributed by atoms with Crippen LogP contribution in [0.5, 0.6) is 0 Å². The predicted molar refractivity (Wildman–Crippen MR) is 40.8 cm³/mol. The van der Waals surface area contributed by atoms with E-state index in [9.17, 15) is 0 Å². The average molecular weight is 140 g/mol. The monoisotopic (exact) mass is 140 g/mol. The highest BCUT2D eigenvalue weighted by Gasteiger charge is 2.45. The largest absolute Gasteiger partial charge is 0.369 e. The highest BCUT2D eigenvalue weighted by atomic mass is 16.6. The van der Waals surface area contributed by atoms with Crippen LogP contribution >= 0.6 is 0 Å². The van der Waals surface area contributed by atoms with E-state index in [-0.39, 0.29) is 0 Å². The van der Waals surface area contributed by atoms with Crippen molar-refractivity contribution in [1.29, 1.82) is 0 Å². The molecule has 1 heterocycles. The summed E-state index contributed by atoms with van der Waals surface area (Å²) in [6.45, 7) is 4.69. The van der Waals surface area contributed by atoms with Gasteiger partial charge in [-0.25, -0.2) is 0 Å². The lowest BCUT2D eigenvalue weighted by molar-refractivity contribution is 0.246. The van der Waals surface area contributed by atoms with Gasteiger partial charge in [0.05, 0.1) is 12.2 Å². The van der Waals surface area contributed by atoms with E-state index in [0.717, 1.165) is 11.8 Å². The number of rotatable bonds is 0. The van der Waals surface area contributed by atoms with Crippen LogP contribution in [0.4, 0.5) is 0 Å². The van der Waals surface area contributed by atoms with Crippen molar-refractivity contribution >= 4 is 0 Å². The van der Waals surface area contributed by atoms with Gasteiger partial charge in [-0.15, -0.1) is 0 Å². The van der Waals surface area contributed by atoms with E-state index in [2.05, 4.69) is 13.8 Å². The van der Waals surface area contributed by atoms with Crippen LogP contribution in [0.3, 0.4) is 0 Å². The molecule has 1 saturated heterocycles. The van der Waals surface area contributed by atoms with Gasteiger partial charge in [0.15, 0.2) is 0 Å². The summed E-state index contributed by atoms with van der Waals surface area (Å²) in [4.78, 5) is 0. The molecule has 0 aromatic heterocycles. The Morgan fingerprint density at radius 2 is 2.00 bits per heavy atom. The van der Waals surface area contributed by atoms with Crippen LogP contribution in [0.25, 0.3) is 0 Å². The smallest absolute Gasteiger partial charge is 0.0869 e. The first kappa shape index (κ1) is 6.66. The summed E-state index contributed by atoms with van der Waals surface area (Å²) in [6, 6.07) is 0. The SMILES string of the molecule is CC1CCCC2OC2C1C. The molecule has 10 heavy (non-hydrogen) atoms. The molecule has 1 heteroatoms. The molecule has 0 N–H and O–H groups in total. The molecule has 0 spiro atoms. The summed E-state index contributed by atoms with van der Waals surface area (Å²) in [5.74, 6) is 1.70. The Balaban J connectivity index is 2.01. The highest BCUT2D eigenvalue weighted by molar-refractivity contribution is 4.92. The minimum Gasteiger partial charge on any atom is -0.369 e. The Labute approximate surface area is 62.8 Å². The first-order valence-electron chi connectivity index (χ1n) is 4.44. The molecule has 2 fully saturated rings. The quantitative estimate of drug-likeness (QED) is 0.470. The Kier molecular flexibility index (Phi) is 1.48. The van der Waals surface area contributed by atoms with Crippen molar-refractivity contribution in [3.8, 4) is 0 Å². The summed E-state index contributed by atoms with van der Waals surface area (Å²) in [6.07, 6.45) is 5.40. The normalized spacial score (nSPS) is 53.4. The van der Waals surface area contributed by atoms with E-state index < -0.39 is 0 Å². The molecular formula is C9H16O. The van der Waals surface area contributed by atoms with Crippen LogP contribution in [0, 0.1) is 11.8 Å². The van der Waals surface area contributed by atoms with E-state index in [0.29, 0.717) is 12.2 Å². The molecule has 4 atom stereocenters. The van der Waals surface area contributed by atoms with Gasteiger partial charge in [-0.2, -0.15) is 0 Å². The van der Waals surface area contributed by atoms with Gasteiger partial charge in [0.2, 0.25) is 0 Å². The number of epoxide rings is 1. The molecule has 0 amide bonds. The van der Waals surface area contributed by atoms with Gasteiger partial charge in [-0.05, 0) is 18.3 Å². The highest BCUT2D eigenvalue weighted by Crippen LogP contribution is 2.41. The molecule has 0 aromatic carbocycles. The second-order valence-corrected chi connectivity index (χ2v) is 3.91. The zero-order valence-corrected chi connectivity index (χ0v) is 6.84. The first-order valence-corrected chi connectivity index (χ1v) is 4.44. The van der Waals surface area contributed by atoms with Crippen molar-refractivity contribution in [2.75, 3.05) is 0 Å². The van der Waals surface area contributed by atoms with Crippen molar-refractivity contribution in [3.05, 3.63) is 0 Å². The van der Waals surface area contributed by atoms with Crippen LogP contribution in [0.15, 0.2) is 0 Å². The van der Waals surface area contributed by atoms with Crippen LogP contribution in [0.1, 0.15) is 33.1 Å². The summed E-state index contributed by atoms with van der Waals surface area (Å²) < 4.78 is 5.54. The molecule has 0 radical (unpaired) electrons. The number of ether oxygens (including phenoxy) is 1. The number of hydrogen-bond acceptors (Lipinski definition) is 1. The summed E-state index contributed by atoms with van der Waals surface area (Å²) in [5.41, 5.74) is 0. The fraction of sp³-hybridized carbons (Fsp3) is 1.00. The maximum Gasteiger partial charge on any atom is 0.0869 e. The van der Waals surface area contributed by atoms with Crippen LogP contribution in [0.2, 0.25) is 0 Å². The van der Waals surface area contributed by atoms with E-state index in [4.69, 9.17) is 4.74 Å². The minimum atomic E-state index is 0.637. The van der Waals surface area contributed by atoms with Crippen molar-refractivity contribution < 1.29 is 4.74 Å². The van der Waals surface area contributed by atoms with E-state index in [1.54, 1.807) is 0 Å². The van der Waals surface area contributed by atoms with Crippen molar-refractivity contribution in [2.45, 2.75) is 45.3 Å². The Morgan fingerprint density at radius 1 is 1.20 bits per heavy atom. The second kappa shape index (κ2) is 2.23. The molecule has 0 bridgehead atoms. The molecule has 0 aromatic rings. The maximum atomic E-state index is 5.54. The van der Waals surface area contributed by atoms with E-state index in [1.807, 2.05) is 0 Å². The van der Waals surface area contributed by atoms with Gasteiger partial charge < -0.3 is 4.74 Å². The third kappa shape index (κ3) is 0.968. The fourth-order valence-electron chi connectivity index (χ4n) is 2.08. The van der Waals surface area contributed by atoms with Gasteiger partial charge in [-0.1, -0.05) is 26.7 Å². The zero-order chi connectivity index (χ0) is 7.14. The fourth-order valence-corrected chi connectivity index (χ4v) is 2.08. The third-order valence-corrected chi connectivity index (χ3v) is 3.19. The molecule has 2 aliphatic rings. The van der Waals surface area contributed by atoms with Crippen molar-refractivity contribution in [1.82, 2.24) is 0 Å². The lowest BCUT2D eigenvalue weighted by Gasteiger charge is -2.14. The van der Waals surface area contributed by atoms with Gasteiger partial charge >= 0.3 is 0 Å². The van der Waals surface area contributed by atoms with Crippen LogP contribution < -0.4 is 0 Å². The number of fused-ring (bicyclic) bond motifs is 1. The molecule has 4 unspecified atom stereocenters. The van der Waals surface area contributed by atoms with Gasteiger partial charge in [0.25, 0.3) is 0 Å². The molecule has 1 aliphatic carbocycles. The number of hydrogen-bond donors (Lipinski definition) is 0. The topological polar surface area (TPSA) is 12.5 Å². The molecule has 2 rings (SSSR count). The lowest BCUT2D eigenvalue weighted by atomic mass is 9.91. The average Bonchev–Trinajstić information content (AvgIpc) is 2.64. The van der Waals surface area contributed by atoms with Crippen molar-refractivity contribution in [3.63, 3.8) is 0 Å².